The Hall–Kier alpha value is -2.41. The fourth-order valence-corrected chi connectivity index (χ4v) is 3.96. The molecule has 1 saturated heterocycles. The van der Waals surface area contributed by atoms with Crippen LogP contribution in [-0.4, -0.2) is 50.7 Å². The van der Waals surface area contributed by atoms with Crippen LogP contribution in [0.5, 0.6) is 0 Å². The van der Waals surface area contributed by atoms with Gasteiger partial charge >= 0.3 is 11.9 Å². The minimum Gasteiger partial charge on any atom is -0.469 e. The number of hydrogen-bond acceptors (Lipinski definition) is 6. The van der Waals surface area contributed by atoms with Gasteiger partial charge < -0.3 is 14.8 Å². The Morgan fingerprint density at radius 1 is 1.22 bits per heavy atom. The molecule has 0 saturated carbocycles. The zero-order chi connectivity index (χ0) is 20.0. The number of nitrogens with zero attached hydrogens (tertiary/aromatic N) is 1. The summed E-state index contributed by atoms with van der Waals surface area (Å²) in [5.41, 5.74) is -0.680. The first-order valence-corrected chi connectivity index (χ1v) is 9.19. The Morgan fingerprint density at radius 2 is 1.89 bits per heavy atom. The first kappa shape index (κ1) is 20.9. The molecule has 0 spiro atoms. The smallest absolute Gasteiger partial charge is 0.332 e. The molecule has 1 aromatic carbocycles. The van der Waals surface area contributed by atoms with Crippen molar-refractivity contribution in [1.82, 2.24) is 5.32 Å². The van der Waals surface area contributed by atoms with Crippen LogP contribution in [0.2, 0.25) is 0 Å². The number of para-hydroxylation sites is 1. The Kier molecular flexibility index (Phi) is 6.96. The maximum atomic E-state index is 13.2. The van der Waals surface area contributed by atoms with Crippen molar-refractivity contribution in [2.45, 2.75) is 32.2 Å². The maximum Gasteiger partial charge on any atom is 0.332 e. The summed E-state index contributed by atoms with van der Waals surface area (Å²) in [4.78, 5) is 40.0. The van der Waals surface area contributed by atoms with E-state index in [-0.39, 0.29) is 12.3 Å². The summed E-state index contributed by atoms with van der Waals surface area (Å²) in [5, 5.41) is 3.24. The Morgan fingerprint density at radius 3 is 2.44 bits per heavy atom. The number of hydrogen-bond donors (Lipinski definition) is 1. The van der Waals surface area contributed by atoms with E-state index in [1.54, 1.807) is 26.0 Å². The van der Waals surface area contributed by atoms with Crippen LogP contribution < -0.4 is 10.2 Å². The molecular formula is C20H28N2O5. The lowest BCUT2D eigenvalue weighted by atomic mass is 9.70. The summed E-state index contributed by atoms with van der Waals surface area (Å²) in [6.07, 6.45) is 0.562. The second kappa shape index (κ2) is 8.99. The molecule has 0 radical (unpaired) electrons. The number of carbonyl (C=O) groups is 3. The quantitative estimate of drug-likeness (QED) is 0.762. The average molecular weight is 376 g/mol. The van der Waals surface area contributed by atoms with Crippen LogP contribution in [0, 0.1) is 11.8 Å². The monoisotopic (exact) mass is 376 g/mol. The number of carbonyl (C=O) groups excluding carboxylic acids is 3. The largest absolute Gasteiger partial charge is 0.469 e. The van der Waals surface area contributed by atoms with Crippen LogP contribution in [0.1, 0.15) is 26.7 Å². The molecule has 7 nitrogen and oxygen atoms in total. The van der Waals surface area contributed by atoms with Crippen molar-refractivity contribution in [3.8, 4) is 0 Å². The van der Waals surface area contributed by atoms with E-state index in [2.05, 4.69) is 5.32 Å². The lowest BCUT2D eigenvalue weighted by Crippen LogP contribution is -2.69. The van der Waals surface area contributed by atoms with Crippen LogP contribution in [0.15, 0.2) is 30.3 Å². The highest BCUT2D eigenvalue weighted by molar-refractivity contribution is 6.02. The van der Waals surface area contributed by atoms with Crippen molar-refractivity contribution in [2.24, 2.45) is 11.8 Å². The summed E-state index contributed by atoms with van der Waals surface area (Å²) in [7, 11) is 2.63. The summed E-state index contributed by atoms with van der Waals surface area (Å²) in [5.74, 6) is -2.24. The zero-order valence-electron chi connectivity index (χ0n) is 16.4. The third-order valence-corrected chi connectivity index (χ3v) is 5.34. The van der Waals surface area contributed by atoms with Gasteiger partial charge in [0, 0.05) is 24.6 Å². The van der Waals surface area contributed by atoms with E-state index in [1.807, 2.05) is 18.2 Å². The van der Waals surface area contributed by atoms with Gasteiger partial charge in [0.15, 0.2) is 5.54 Å². The molecule has 0 aliphatic carbocycles. The van der Waals surface area contributed by atoms with Crippen molar-refractivity contribution in [1.29, 1.82) is 0 Å². The molecule has 1 amide bonds. The number of ether oxygens (including phenoxy) is 2. The molecule has 1 heterocycles. The van der Waals surface area contributed by atoms with Gasteiger partial charge in [0.25, 0.3) is 0 Å². The molecule has 1 fully saturated rings. The number of esters is 2. The summed E-state index contributed by atoms with van der Waals surface area (Å²) >= 11 is 0. The van der Waals surface area contributed by atoms with Gasteiger partial charge in [-0.05, 0) is 25.1 Å². The number of nitrogens with one attached hydrogen (secondary N) is 1. The van der Waals surface area contributed by atoms with Crippen LogP contribution in [-0.2, 0) is 23.9 Å². The lowest BCUT2D eigenvalue weighted by Gasteiger charge is -2.50. The SMILES string of the molecule is CCC(=O)N(c1ccccc1)C1(C(=O)OC)CCNCC1C(C)C(=O)OC. The molecule has 3 unspecified atom stereocenters. The third kappa shape index (κ3) is 3.83. The van der Waals surface area contributed by atoms with Crippen LogP contribution in [0.25, 0.3) is 0 Å². The number of amides is 1. The fraction of sp³-hybridized carbons (Fsp3) is 0.550. The first-order valence-electron chi connectivity index (χ1n) is 9.19. The highest BCUT2D eigenvalue weighted by Gasteiger charge is 2.57. The molecule has 1 N–H and O–H groups in total. The minimum absolute atomic E-state index is 0.199. The van der Waals surface area contributed by atoms with Gasteiger partial charge in [-0.25, -0.2) is 4.79 Å². The van der Waals surface area contributed by atoms with Crippen LogP contribution in [0.3, 0.4) is 0 Å². The summed E-state index contributed by atoms with van der Waals surface area (Å²) < 4.78 is 10.1. The lowest BCUT2D eigenvalue weighted by molar-refractivity contribution is -0.158. The van der Waals surface area contributed by atoms with Crippen molar-refractivity contribution in [2.75, 3.05) is 32.2 Å². The second-order valence-corrected chi connectivity index (χ2v) is 6.71. The molecule has 0 bridgehead atoms. The number of anilines is 1. The number of methoxy groups -OCH3 is 2. The van der Waals surface area contributed by atoms with E-state index in [4.69, 9.17) is 9.47 Å². The van der Waals surface area contributed by atoms with Gasteiger partial charge in [0.1, 0.15) is 0 Å². The van der Waals surface area contributed by atoms with E-state index in [0.717, 1.165) is 0 Å². The minimum atomic E-state index is -1.29. The first-order chi connectivity index (χ1) is 12.9. The molecule has 27 heavy (non-hydrogen) atoms. The maximum absolute atomic E-state index is 13.2. The molecular weight excluding hydrogens is 348 g/mol. The van der Waals surface area contributed by atoms with E-state index in [9.17, 15) is 14.4 Å². The highest BCUT2D eigenvalue weighted by Crippen LogP contribution is 2.40. The van der Waals surface area contributed by atoms with E-state index in [1.165, 1.54) is 19.1 Å². The molecule has 0 aromatic heterocycles. The van der Waals surface area contributed by atoms with E-state index < -0.39 is 29.3 Å². The number of rotatable bonds is 6. The highest BCUT2D eigenvalue weighted by atomic mass is 16.5. The molecule has 1 aliphatic heterocycles. The predicted molar refractivity (Wildman–Crippen MR) is 101 cm³/mol. The summed E-state index contributed by atoms with van der Waals surface area (Å²) in [6.45, 7) is 4.40. The molecule has 1 aromatic rings. The average Bonchev–Trinajstić information content (AvgIpc) is 2.72. The topological polar surface area (TPSA) is 84.9 Å². The Labute approximate surface area is 160 Å². The molecule has 2 rings (SSSR count). The van der Waals surface area contributed by atoms with Gasteiger partial charge in [0.2, 0.25) is 5.91 Å². The van der Waals surface area contributed by atoms with Gasteiger partial charge in [-0.1, -0.05) is 32.0 Å². The normalized spacial score (nSPS) is 23.2. The number of benzene rings is 1. The zero-order valence-corrected chi connectivity index (χ0v) is 16.4. The van der Waals surface area contributed by atoms with Crippen molar-refractivity contribution < 1.29 is 23.9 Å². The molecule has 148 valence electrons. The predicted octanol–water partition coefficient (Wildman–Crippen LogP) is 1.76. The van der Waals surface area contributed by atoms with Crippen molar-refractivity contribution >= 4 is 23.5 Å². The standard InChI is InChI=1S/C20H28N2O5/c1-5-17(23)22(15-9-7-6-8-10-15)20(19(25)27-4)11-12-21-13-16(20)14(2)18(24)26-3/h6-10,14,16,21H,5,11-13H2,1-4H3. The van der Waals surface area contributed by atoms with Crippen LogP contribution in [0.4, 0.5) is 5.69 Å². The van der Waals surface area contributed by atoms with Crippen molar-refractivity contribution in [3.05, 3.63) is 30.3 Å². The van der Waals surface area contributed by atoms with Gasteiger partial charge in [0.05, 0.1) is 20.1 Å². The second-order valence-electron chi connectivity index (χ2n) is 6.71. The molecule has 1 aliphatic rings. The van der Waals surface area contributed by atoms with Crippen LogP contribution >= 0.6 is 0 Å². The van der Waals surface area contributed by atoms with Crippen molar-refractivity contribution in [3.63, 3.8) is 0 Å². The summed E-state index contributed by atoms with van der Waals surface area (Å²) in [6, 6.07) is 9.06. The van der Waals surface area contributed by atoms with Gasteiger partial charge in [-0.2, -0.15) is 0 Å². The van der Waals surface area contributed by atoms with E-state index in [0.29, 0.717) is 25.2 Å². The Balaban J connectivity index is 2.68. The number of piperidine rings is 1. The van der Waals surface area contributed by atoms with Gasteiger partial charge in [-0.15, -0.1) is 0 Å². The Bertz CT molecular complexity index is 678. The molecule has 3 atom stereocenters. The van der Waals surface area contributed by atoms with Gasteiger partial charge in [-0.3, -0.25) is 14.5 Å². The third-order valence-electron chi connectivity index (χ3n) is 5.34. The van der Waals surface area contributed by atoms with E-state index >= 15 is 0 Å². The fourth-order valence-electron chi connectivity index (χ4n) is 3.96. The molecule has 7 heteroatoms.